The first kappa shape index (κ1) is 14.0. The molecule has 0 saturated heterocycles. The third-order valence-corrected chi connectivity index (χ3v) is 4.04. The third kappa shape index (κ3) is 3.56. The molecule has 0 radical (unpaired) electrons. The summed E-state index contributed by atoms with van der Waals surface area (Å²) < 4.78 is 2.98. The first-order valence-corrected chi connectivity index (χ1v) is 7.77. The van der Waals surface area contributed by atoms with Crippen molar-refractivity contribution in [2.45, 2.75) is 13.0 Å². The molecule has 0 bridgehead atoms. The lowest BCUT2D eigenvalue weighted by Crippen LogP contribution is -2.08. The summed E-state index contributed by atoms with van der Waals surface area (Å²) in [6, 6.07) is 10.4. The topological polar surface area (TPSA) is 24.9 Å². The quantitative estimate of drug-likeness (QED) is 0.685. The second kappa shape index (κ2) is 6.17. The second-order valence-corrected chi connectivity index (χ2v) is 6.59. The van der Waals surface area contributed by atoms with E-state index in [1.54, 1.807) is 6.20 Å². The van der Waals surface area contributed by atoms with Gasteiger partial charge in [0.2, 0.25) is 0 Å². The van der Waals surface area contributed by atoms with Gasteiger partial charge >= 0.3 is 0 Å². The Balaban J connectivity index is 2.18. The van der Waals surface area contributed by atoms with Gasteiger partial charge in [0, 0.05) is 15.1 Å². The van der Waals surface area contributed by atoms with E-state index in [1.807, 2.05) is 18.2 Å². The number of nitrogens with one attached hydrogen (secondary N) is 1. The number of pyridine rings is 1. The minimum absolute atomic E-state index is 0.187. The van der Waals surface area contributed by atoms with Crippen LogP contribution in [0.1, 0.15) is 18.5 Å². The van der Waals surface area contributed by atoms with Crippen LogP contribution in [0.2, 0.25) is 0 Å². The molecule has 0 amide bonds. The van der Waals surface area contributed by atoms with E-state index in [-0.39, 0.29) is 6.04 Å². The van der Waals surface area contributed by atoms with Gasteiger partial charge in [-0.15, -0.1) is 0 Å². The molecule has 0 saturated carbocycles. The number of hydrogen-bond acceptors (Lipinski definition) is 2. The average Bonchev–Trinajstić information content (AvgIpc) is 2.32. The van der Waals surface area contributed by atoms with E-state index in [0.29, 0.717) is 0 Å². The molecule has 18 heavy (non-hydrogen) atoms. The van der Waals surface area contributed by atoms with Crippen LogP contribution in [0.15, 0.2) is 49.9 Å². The molecular formula is C13H11Br3N2. The molecule has 1 unspecified atom stereocenters. The minimum atomic E-state index is 0.187. The van der Waals surface area contributed by atoms with Gasteiger partial charge in [0.15, 0.2) is 0 Å². The summed E-state index contributed by atoms with van der Waals surface area (Å²) in [5, 5.41) is 3.38. The highest BCUT2D eigenvalue weighted by Gasteiger charge is 2.09. The van der Waals surface area contributed by atoms with Gasteiger partial charge in [-0.2, -0.15) is 0 Å². The largest absolute Gasteiger partial charge is 0.363 e. The van der Waals surface area contributed by atoms with Crippen molar-refractivity contribution >= 4 is 53.6 Å². The number of benzene rings is 1. The van der Waals surface area contributed by atoms with E-state index in [2.05, 4.69) is 77.1 Å². The number of aromatic nitrogens is 1. The van der Waals surface area contributed by atoms with E-state index in [4.69, 9.17) is 0 Å². The van der Waals surface area contributed by atoms with Crippen molar-refractivity contribution in [1.29, 1.82) is 0 Å². The zero-order valence-corrected chi connectivity index (χ0v) is 14.4. The molecule has 1 atom stereocenters. The number of hydrogen-bond donors (Lipinski definition) is 1. The van der Waals surface area contributed by atoms with Gasteiger partial charge in [-0.3, -0.25) is 0 Å². The van der Waals surface area contributed by atoms with Gasteiger partial charge < -0.3 is 5.32 Å². The van der Waals surface area contributed by atoms with Crippen LogP contribution in [0.25, 0.3) is 0 Å². The first-order valence-electron chi connectivity index (χ1n) is 5.39. The van der Waals surface area contributed by atoms with Gasteiger partial charge in [-0.25, -0.2) is 4.98 Å². The summed E-state index contributed by atoms with van der Waals surface area (Å²) in [5.74, 6) is 0.839. The van der Waals surface area contributed by atoms with Crippen LogP contribution in [0.5, 0.6) is 0 Å². The normalized spacial score (nSPS) is 12.2. The van der Waals surface area contributed by atoms with Gasteiger partial charge in [0.05, 0.1) is 10.5 Å². The molecule has 0 spiro atoms. The molecule has 1 heterocycles. The molecule has 5 heteroatoms. The van der Waals surface area contributed by atoms with Crippen molar-refractivity contribution in [3.05, 3.63) is 55.5 Å². The van der Waals surface area contributed by atoms with Gasteiger partial charge in [0.1, 0.15) is 5.82 Å². The highest BCUT2D eigenvalue weighted by Crippen LogP contribution is 2.27. The number of nitrogens with zero attached hydrogens (tertiary/aromatic N) is 1. The Bertz CT molecular complexity index is 558. The summed E-state index contributed by atoms with van der Waals surface area (Å²) in [4.78, 5) is 4.35. The highest BCUT2D eigenvalue weighted by molar-refractivity contribution is 9.11. The smallest absolute Gasteiger partial charge is 0.140 e. The highest BCUT2D eigenvalue weighted by atomic mass is 79.9. The average molecular weight is 435 g/mol. The van der Waals surface area contributed by atoms with Crippen LogP contribution in [0.3, 0.4) is 0 Å². The van der Waals surface area contributed by atoms with Crippen molar-refractivity contribution in [2.75, 3.05) is 5.32 Å². The Morgan fingerprint density at radius 1 is 1.11 bits per heavy atom. The minimum Gasteiger partial charge on any atom is -0.363 e. The van der Waals surface area contributed by atoms with Crippen LogP contribution < -0.4 is 5.32 Å². The second-order valence-electron chi connectivity index (χ2n) is 3.90. The molecular weight excluding hydrogens is 424 g/mol. The SMILES string of the molecule is CC(Nc1ncc(Br)cc1Br)c1cccc(Br)c1. The van der Waals surface area contributed by atoms with Crippen LogP contribution in [-0.2, 0) is 0 Å². The van der Waals surface area contributed by atoms with E-state index < -0.39 is 0 Å². The number of anilines is 1. The van der Waals surface area contributed by atoms with Crippen molar-refractivity contribution in [3.63, 3.8) is 0 Å². The fraction of sp³-hybridized carbons (Fsp3) is 0.154. The van der Waals surface area contributed by atoms with E-state index in [9.17, 15) is 0 Å². The Morgan fingerprint density at radius 2 is 1.89 bits per heavy atom. The van der Waals surface area contributed by atoms with Crippen molar-refractivity contribution in [2.24, 2.45) is 0 Å². The molecule has 0 aliphatic heterocycles. The fourth-order valence-corrected chi connectivity index (χ4v) is 3.10. The molecule has 2 nitrogen and oxygen atoms in total. The van der Waals surface area contributed by atoms with Crippen LogP contribution in [0, 0.1) is 0 Å². The lowest BCUT2D eigenvalue weighted by atomic mass is 10.1. The molecule has 2 rings (SSSR count). The summed E-state index contributed by atoms with van der Waals surface area (Å²) >= 11 is 10.4. The van der Waals surface area contributed by atoms with Crippen LogP contribution >= 0.6 is 47.8 Å². The van der Waals surface area contributed by atoms with Crippen molar-refractivity contribution in [1.82, 2.24) is 4.98 Å². The molecule has 2 aromatic rings. The summed E-state index contributed by atoms with van der Waals surface area (Å²) in [7, 11) is 0. The summed E-state index contributed by atoms with van der Waals surface area (Å²) in [5.41, 5.74) is 1.21. The maximum atomic E-state index is 4.35. The number of rotatable bonds is 3. The standard InChI is InChI=1S/C13H11Br3N2/c1-8(9-3-2-4-10(14)5-9)18-13-12(16)6-11(15)7-17-13/h2-8H,1H3,(H,17,18). The molecule has 0 aliphatic carbocycles. The molecule has 1 aromatic carbocycles. The maximum Gasteiger partial charge on any atom is 0.140 e. The van der Waals surface area contributed by atoms with E-state index in [0.717, 1.165) is 19.2 Å². The lowest BCUT2D eigenvalue weighted by molar-refractivity contribution is 0.871. The molecule has 0 aliphatic rings. The Labute approximate surface area is 132 Å². The molecule has 94 valence electrons. The van der Waals surface area contributed by atoms with Gasteiger partial charge in [0.25, 0.3) is 0 Å². The van der Waals surface area contributed by atoms with Crippen molar-refractivity contribution in [3.8, 4) is 0 Å². The first-order chi connectivity index (χ1) is 8.56. The zero-order valence-electron chi connectivity index (χ0n) is 9.62. The maximum absolute atomic E-state index is 4.35. The lowest BCUT2D eigenvalue weighted by Gasteiger charge is -2.16. The van der Waals surface area contributed by atoms with E-state index >= 15 is 0 Å². The van der Waals surface area contributed by atoms with Gasteiger partial charge in [-0.05, 0) is 62.5 Å². The molecule has 1 N–H and O–H groups in total. The monoisotopic (exact) mass is 432 g/mol. The predicted octanol–water partition coefficient (Wildman–Crippen LogP) is 5.54. The summed E-state index contributed by atoms with van der Waals surface area (Å²) in [6.07, 6.45) is 1.78. The van der Waals surface area contributed by atoms with Crippen LogP contribution in [0.4, 0.5) is 5.82 Å². The van der Waals surface area contributed by atoms with E-state index in [1.165, 1.54) is 5.56 Å². The Kier molecular flexibility index (Phi) is 4.81. The molecule has 0 fully saturated rings. The Hall–Kier alpha value is -0.390. The van der Waals surface area contributed by atoms with Crippen LogP contribution in [-0.4, -0.2) is 4.98 Å². The van der Waals surface area contributed by atoms with Crippen molar-refractivity contribution < 1.29 is 0 Å². The number of halogens is 3. The predicted molar refractivity (Wildman–Crippen MR) is 85.8 cm³/mol. The summed E-state index contributed by atoms with van der Waals surface area (Å²) in [6.45, 7) is 2.11. The Morgan fingerprint density at radius 3 is 2.56 bits per heavy atom. The van der Waals surface area contributed by atoms with Gasteiger partial charge in [-0.1, -0.05) is 28.1 Å². The zero-order chi connectivity index (χ0) is 13.1. The fourth-order valence-electron chi connectivity index (χ4n) is 1.59. The third-order valence-electron chi connectivity index (χ3n) is 2.51. The molecule has 1 aromatic heterocycles.